The average Bonchev–Trinajstić information content (AvgIpc) is 2.75. The van der Waals surface area contributed by atoms with E-state index in [2.05, 4.69) is 43.8 Å². The molecule has 0 fully saturated rings. The zero-order chi connectivity index (χ0) is 24.1. The van der Waals surface area contributed by atoms with Crippen LogP contribution in [0.15, 0.2) is 58.6 Å². The number of aryl methyl sites for hydroxylation is 2. The minimum Gasteiger partial charge on any atom is -0.487 e. The molecule has 8 heteroatoms. The van der Waals surface area contributed by atoms with Crippen molar-refractivity contribution in [3.05, 3.63) is 94.4 Å². The van der Waals surface area contributed by atoms with Crippen LogP contribution in [-0.2, 0) is 11.4 Å². The summed E-state index contributed by atoms with van der Waals surface area (Å²) in [4.78, 5) is 12.7. The van der Waals surface area contributed by atoms with Crippen molar-refractivity contribution >= 4 is 79.4 Å². The summed E-state index contributed by atoms with van der Waals surface area (Å²) >= 11 is 17.7. The van der Waals surface area contributed by atoms with Crippen molar-refractivity contribution in [3.63, 3.8) is 0 Å². The van der Waals surface area contributed by atoms with Crippen molar-refractivity contribution in [3.8, 4) is 11.8 Å². The molecule has 4 nitrogen and oxygen atoms in total. The first-order chi connectivity index (χ1) is 15.7. The molecule has 3 rings (SSSR count). The molecule has 1 N–H and O–H groups in total. The van der Waals surface area contributed by atoms with E-state index in [4.69, 9.17) is 27.9 Å². The molecule has 3 aromatic rings. The van der Waals surface area contributed by atoms with Gasteiger partial charge in [0.2, 0.25) is 0 Å². The first kappa shape index (κ1) is 25.6. The number of benzene rings is 3. The lowest BCUT2D eigenvalue weighted by Gasteiger charge is -2.12. The number of carbonyl (C=O) groups excluding carboxylic acids is 1. The van der Waals surface area contributed by atoms with Crippen LogP contribution in [0, 0.1) is 28.7 Å². The van der Waals surface area contributed by atoms with E-state index in [1.54, 1.807) is 24.3 Å². The van der Waals surface area contributed by atoms with Crippen LogP contribution in [0.2, 0.25) is 10.0 Å². The highest BCUT2D eigenvalue weighted by molar-refractivity contribution is 14.1. The number of rotatable bonds is 6. The Labute approximate surface area is 224 Å². The van der Waals surface area contributed by atoms with Crippen LogP contribution in [0.3, 0.4) is 0 Å². The topological polar surface area (TPSA) is 62.1 Å². The van der Waals surface area contributed by atoms with Gasteiger partial charge < -0.3 is 10.1 Å². The van der Waals surface area contributed by atoms with E-state index < -0.39 is 5.91 Å². The lowest BCUT2D eigenvalue weighted by molar-refractivity contribution is -0.112. The fraction of sp³-hybridized carbons (Fsp3) is 0.120. The maximum Gasteiger partial charge on any atom is 0.266 e. The number of nitrogens with one attached hydrogen (secondary N) is 1. The van der Waals surface area contributed by atoms with Crippen molar-refractivity contribution < 1.29 is 9.53 Å². The predicted molar refractivity (Wildman–Crippen MR) is 146 cm³/mol. The average molecular weight is 656 g/mol. The summed E-state index contributed by atoms with van der Waals surface area (Å²) in [5.41, 5.74) is 4.28. The molecule has 168 valence electrons. The van der Waals surface area contributed by atoms with Crippen molar-refractivity contribution in [1.29, 1.82) is 5.26 Å². The second kappa shape index (κ2) is 11.4. The van der Waals surface area contributed by atoms with Crippen LogP contribution in [0.25, 0.3) is 6.08 Å². The van der Waals surface area contributed by atoms with Gasteiger partial charge in [0.1, 0.15) is 24.0 Å². The van der Waals surface area contributed by atoms with E-state index >= 15 is 0 Å². The highest BCUT2D eigenvalue weighted by Gasteiger charge is 2.14. The van der Waals surface area contributed by atoms with Gasteiger partial charge >= 0.3 is 0 Å². The Hall–Kier alpha value is -2.05. The van der Waals surface area contributed by atoms with Crippen molar-refractivity contribution in [2.75, 3.05) is 5.32 Å². The predicted octanol–water partition coefficient (Wildman–Crippen LogP) is 8.10. The normalized spacial score (nSPS) is 11.1. The van der Waals surface area contributed by atoms with Gasteiger partial charge in [0.05, 0.1) is 18.1 Å². The van der Waals surface area contributed by atoms with E-state index in [0.29, 0.717) is 38.1 Å². The van der Waals surface area contributed by atoms with E-state index in [1.807, 2.05) is 50.2 Å². The Kier molecular flexibility index (Phi) is 8.82. The summed E-state index contributed by atoms with van der Waals surface area (Å²) in [6.07, 6.45) is 1.55. The fourth-order valence-corrected chi connectivity index (χ4v) is 5.13. The Bertz CT molecular complexity index is 1280. The maximum atomic E-state index is 12.7. The summed E-state index contributed by atoms with van der Waals surface area (Å²) in [5.74, 6) is 0.188. The monoisotopic (exact) mass is 654 g/mol. The highest BCUT2D eigenvalue weighted by atomic mass is 127. The number of halogens is 4. The van der Waals surface area contributed by atoms with Crippen LogP contribution < -0.4 is 10.1 Å². The van der Waals surface area contributed by atoms with Crippen LogP contribution in [0.4, 0.5) is 5.69 Å². The van der Waals surface area contributed by atoms with E-state index in [-0.39, 0.29) is 5.57 Å². The van der Waals surface area contributed by atoms with Crippen LogP contribution in [-0.4, -0.2) is 5.91 Å². The minimum atomic E-state index is -0.462. The maximum absolute atomic E-state index is 12.7. The molecule has 0 aliphatic rings. The number of anilines is 1. The van der Waals surface area contributed by atoms with Gasteiger partial charge in [-0.1, -0.05) is 47.0 Å². The second-order valence-electron chi connectivity index (χ2n) is 7.29. The number of hydrogen-bond donors (Lipinski definition) is 1. The fourth-order valence-electron chi connectivity index (χ4n) is 3.04. The van der Waals surface area contributed by atoms with Gasteiger partial charge in [-0.2, -0.15) is 5.26 Å². The van der Waals surface area contributed by atoms with Crippen molar-refractivity contribution in [1.82, 2.24) is 0 Å². The Morgan fingerprint density at radius 1 is 1.15 bits per heavy atom. The van der Waals surface area contributed by atoms with Crippen molar-refractivity contribution in [2.45, 2.75) is 20.5 Å². The molecular weight excluding hydrogens is 638 g/mol. The van der Waals surface area contributed by atoms with E-state index in [0.717, 1.165) is 20.3 Å². The van der Waals surface area contributed by atoms with E-state index in [9.17, 15) is 10.1 Å². The zero-order valence-corrected chi connectivity index (χ0v) is 22.9. The molecule has 33 heavy (non-hydrogen) atoms. The molecule has 3 aromatic carbocycles. The SMILES string of the molecule is Cc1ccc(NC(=O)/C(C#N)=C/c2cc(Br)c(OCc3ccc(Cl)c(Cl)c3)c(I)c2)c(C)c1. The molecular formula is C25H18BrCl2IN2O2. The zero-order valence-electron chi connectivity index (χ0n) is 17.7. The molecule has 1 amide bonds. The Morgan fingerprint density at radius 3 is 2.55 bits per heavy atom. The third-order valence-corrected chi connectivity index (χ3v) is 6.82. The van der Waals surface area contributed by atoms with E-state index in [1.165, 1.54) is 0 Å². The van der Waals surface area contributed by atoms with Gasteiger partial charge in [-0.15, -0.1) is 0 Å². The van der Waals surface area contributed by atoms with Gasteiger partial charge in [0.15, 0.2) is 0 Å². The molecule has 0 aliphatic heterocycles. The standard InChI is InChI=1S/C25H18BrCl2IN2O2/c1-14-3-6-23(15(2)7-14)31-25(32)18(12-30)8-17-9-19(26)24(22(29)11-17)33-13-16-4-5-20(27)21(28)10-16/h3-11H,13H2,1-2H3,(H,31,32)/b18-8+. The van der Waals surface area contributed by atoms with Crippen LogP contribution in [0.5, 0.6) is 5.75 Å². The Morgan fingerprint density at radius 2 is 1.91 bits per heavy atom. The quantitative estimate of drug-likeness (QED) is 0.166. The molecule has 0 spiro atoms. The first-order valence-corrected chi connectivity index (χ1v) is 12.4. The molecule has 0 aliphatic carbocycles. The van der Waals surface area contributed by atoms with Gasteiger partial charge in [0, 0.05) is 5.69 Å². The molecule has 0 atom stereocenters. The highest BCUT2D eigenvalue weighted by Crippen LogP contribution is 2.34. The smallest absolute Gasteiger partial charge is 0.266 e. The molecule has 0 bridgehead atoms. The van der Waals surface area contributed by atoms with Gasteiger partial charge in [-0.25, -0.2) is 0 Å². The molecule has 0 aromatic heterocycles. The van der Waals surface area contributed by atoms with Crippen molar-refractivity contribution in [2.24, 2.45) is 0 Å². The summed E-state index contributed by atoms with van der Waals surface area (Å²) in [6.45, 7) is 4.20. The molecule has 0 saturated carbocycles. The van der Waals surface area contributed by atoms with Gasteiger partial charge in [0.25, 0.3) is 5.91 Å². The first-order valence-electron chi connectivity index (χ1n) is 9.74. The number of carbonyl (C=O) groups is 1. The summed E-state index contributed by atoms with van der Waals surface area (Å²) in [6, 6.07) is 16.7. The molecule has 0 saturated heterocycles. The number of hydrogen-bond acceptors (Lipinski definition) is 3. The number of nitrogens with zero attached hydrogens (tertiary/aromatic N) is 1. The summed E-state index contributed by atoms with van der Waals surface area (Å²) in [5, 5.41) is 13.3. The number of nitriles is 1. The summed E-state index contributed by atoms with van der Waals surface area (Å²) in [7, 11) is 0. The molecule has 0 radical (unpaired) electrons. The number of amides is 1. The second-order valence-corrected chi connectivity index (χ2v) is 10.1. The Balaban J connectivity index is 1.78. The minimum absolute atomic E-state index is 0.00199. The molecule has 0 unspecified atom stereocenters. The third-order valence-electron chi connectivity index (χ3n) is 4.69. The van der Waals surface area contributed by atoms with Crippen LogP contribution >= 0.6 is 61.7 Å². The van der Waals surface area contributed by atoms with Gasteiger partial charge in [-0.05, 0) is 105 Å². The lowest BCUT2D eigenvalue weighted by atomic mass is 10.1. The summed E-state index contributed by atoms with van der Waals surface area (Å²) < 4.78 is 7.48. The van der Waals surface area contributed by atoms with Crippen LogP contribution in [0.1, 0.15) is 22.3 Å². The third kappa shape index (κ3) is 6.73. The lowest BCUT2D eigenvalue weighted by Crippen LogP contribution is -2.14. The van der Waals surface area contributed by atoms with Gasteiger partial charge in [-0.3, -0.25) is 4.79 Å². The largest absolute Gasteiger partial charge is 0.487 e. The number of ether oxygens (including phenoxy) is 1. The molecule has 0 heterocycles.